The van der Waals surface area contributed by atoms with Gasteiger partial charge in [-0.3, -0.25) is 4.79 Å². The van der Waals surface area contributed by atoms with Gasteiger partial charge in [0.2, 0.25) is 5.91 Å². The highest BCUT2D eigenvalue weighted by Gasteiger charge is 2.31. The van der Waals surface area contributed by atoms with Gasteiger partial charge in [0, 0.05) is 28.2 Å². The highest BCUT2D eigenvalue weighted by Crippen LogP contribution is 2.47. The molecule has 2 heterocycles. The van der Waals surface area contributed by atoms with Crippen LogP contribution in [-0.2, 0) is 4.79 Å². The van der Waals surface area contributed by atoms with Crippen molar-refractivity contribution >= 4 is 22.9 Å². The van der Waals surface area contributed by atoms with Crippen molar-refractivity contribution in [3.63, 3.8) is 0 Å². The number of ether oxygens (including phenoxy) is 2. The average Bonchev–Trinajstić information content (AvgIpc) is 3.15. The Morgan fingerprint density at radius 1 is 1.21 bits per heavy atom. The second-order valence-corrected chi connectivity index (χ2v) is 7.87. The highest BCUT2D eigenvalue weighted by molar-refractivity contribution is 7.11. The molecule has 0 saturated heterocycles. The van der Waals surface area contributed by atoms with Crippen LogP contribution in [0.2, 0.25) is 0 Å². The fraction of sp³-hybridized carbons (Fsp3) is 0.208. The number of hydrogen-bond donors (Lipinski definition) is 1. The van der Waals surface area contributed by atoms with Gasteiger partial charge in [0.05, 0.1) is 12.8 Å². The van der Waals surface area contributed by atoms with Gasteiger partial charge in [0.15, 0.2) is 11.5 Å². The summed E-state index contributed by atoms with van der Waals surface area (Å²) < 4.78 is 11.0. The zero-order valence-corrected chi connectivity index (χ0v) is 17.1. The van der Waals surface area contributed by atoms with E-state index in [2.05, 4.69) is 47.8 Å². The topological polar surface area (TPSA) is 47.6 Å². The third-order valence-electron chi connectivity index (χ3n) is 5.05. The van der Waals surface area contributed by atoms with E-state index < -0.39 is 0 Å². The highest BCUT2D eigenvalue weighted by atomic mass is 32.1. The third kappa shape index (κ3) is 3.72. The second kappa shape index (κ2) is 8.02. The number of thiophene rings is 1. The molecule has 0 bridgehead atoms. The Balaban J connectivity index is 1.73. The van der Waals surface area contributed by atoms with Crippen LogP contribution in [0.25, 0.3) is 11.1 Å². The number of nitrogens with one attached hydrogen (secondary N) is 1. The molecule has 5 heteroatoms. The lowest BCUT2D eigenvalue weighted by atomic mass is 9.89. The maximum Gasteiger partial charge on any atom is 0.225 e. The average molecular weight is 404 g/mol. The van der Waals surface area contributed by atoms with Crippen molar-refractivity contribution in [1.82, 2.24) is 0 Å². The van der Waals surface area contributed by atoms with Crippen molar-refractivity contribution in [2.45, 2.75) is 19.3 Å². The molecule has 4 nitrogen and oxygen atoms in total. The van der Waals surface area contributed by atoms with E-state index in [1.165, 1.54) is 5.56 Å². The first-order valence-corrected chi connectivity index (χ1v) is 10.2. The Labute approximate surface area is 174 Å². The summed E-state index contributed by atoms with van der Waals surface area (Å²) in [6, 6.07) is 14.1. The quantitative estimate of drug-likeness (QED) is 0.594. The molecule has 3 aromatic rings. The summed E-state index contributed by atoms with van der Waals surface area (Å²) in [4.78, 5) is 13.7. The van der Waals surface area contributed by atoms with Crippen molar-refractivity contribution in [2.75, 3.05) is 19.0 Å². The molecule has 1 aliphatic rings. The molecule has 0 spiro atoms. The summed E-state index contributed by atoms with van der Waals surface area (Å²) >= 11 is 1.67. The Morgan fingerprint density at radius 3 is 2.72 bits per heavy atom. The van der Waals surface area contributed by atoms with Gasteiger partial charge >= 0.3 is 0 Å². The van der Waals surface area contributed by atoms with Gasteiger partial charge < -0.3 is 14.8 Å². The van der Waals surface area contributed by atoms with E-state index in [9.17, 15) is 4.79 Å². The van der Waals surface area contributed by atoms with Crippen LogP contribution in [0.3, 0.4) is 0 Å². The van der Waals surface area contributed by atoms with Gasteiger partial charge in [-0.05, 0) is 30.2 Å². The molecular formula is C24H21NO3S. The van der Waals surface area contributed by atoms with Crippen molar-refractivity contribution in [3.8, 4) is 35.0 Å². The first-order chi connectivity index (χ1) is 14.1. The molecular weight excluding hydrogens is 382 g/mol. The van der Waals surface area contributed by atoms with E-state index >= 15 is 0 Å². The number of anilines is 1. The number of fused-ring (bicyclic) bond motifs is 1. The van der Waals surface area contributed by atoms with Crippen LogP contribution in [0, 0.1) is 19.3 Å². The SMILES string of the molecule is C#CCOc1ccc([C@@H]2CC(=O)Nc3c(-c4ccc(C)cc4)csc32)cc1OC. The number of methoxy groups -OCH3 is 1. The van der Waals surface area contributed by atoms with Crippen LogP contribution in [0.15, 0.2) is 47.8 Å². The molecule has 1 aliphatic heterocycles. The van der Waals surface area contributed by atoms with Crippen LogP contribution in [0.5, 0.6) is 11.5 Å². The number of hydrogen-bond acceptors (Lipinski definition) is 4. The first-order valence-electron chi connectivity index (χ1n) is 9.33. The lowest BCUT2D eigenvalue weighted by molar-refractivity contribution is -0.116. The van der Waals surface area contributed by atoms with Gasteiger partial charge in [-0.2, -0.15) is 0 Å². The predicted molar refractivity (Wildman–Crippen MR) is 117 cm³/mol. The second-order valence-electron chi connectivity index (χ2n) is 6.96. The lowest BCUT2D eigenvalue weighted by Gasteiger charge is -2.24. The van der Waals surface area contributed by atoms with Gasteiger partial charge in [0.1, 0.15) is 6.61 Å². The van der Waals surface area contributed by atoms with Gasteiger partial charge in [-0.25, -0.2) is 0 Å². The zero-order chi connectivity index (χ0) is 20.4. The Bertz CT molecular complexity index is 1090. The fourth-order valence-electron chi connectivity index (χ4n) is 3.58. The van der Waals surface area contributed by atoms with E-state index in [-0.39, 0.29) is 18.4 Å². The molecule has 1 N–H and O–H groups in total. The van der Waals surface area contributed by atoms with Crippen LogP contribution in [-0.4, -0.2) is 19.6 Å². The molecule has 0 unspecified atom stereocenters. The normalized spacial score (nSPS) is 15.2. The summed E-state index contributed by atoms with van der Waals surface area (Å²) in [7, 11) is 1.60. The number of aryl methyl sites for hydroxylation is 1. The number of amides is 1. The molecule has 0 aliphatic carbocycles. The van der Waals surface area contributed by atoms with Gasteiger partial charge in [-0.1, -0.05) is 41.8 Å². The summed E-state index contributed by atoms with van der Waals surface area (Å²) in [6.45, 7) is 2.24. The van der Waals surface area contributed by atoms with Crippen molar-refractivity contribution < 1.29 is 14.3 Å². The Kier molecular flexibility index (Phi) is 5.28. The van der Waals surface area contributed by atoms with Crippen LogP contribution in [0.1, 0.15) is 28.3 Å². The molecule has 1 amide bonds. The molecule has 146 valence electrons. The predicted octanol–water partition coefficient (Wildman–Crippen LogP) is 5.22. The summed E-state index contributed by atoms with van der Waals surface area (Å²) in [5.74, 6) is 3.65. The lowest BCUT2D eigenvalue weighted by Crippen LogP contribution is -2.22. The van der Waals surface area contributed by atoms with Crippen LogP contribution in [0.4, 0.5) is 5.69 Å². The molecule has 29 heavy (non-hydrogen) atoms. The minimum atomic E-state index is -0.0291. The minimum Gasteiger partial charge on any atom is -0.493 e. The minimum absolute atomic E-state index is 0.0147. The number of rotatable bonds is 5. The number of benzene rings is 2. The van der Waals surface area contributed by atoms with Crippen molar-refractivity contribution in [1.29, 1.82) is 0 Å². The van der Waals surface area contributed by atoms with Crippen molar-refractivity contribution in [2.24, 2.45) is 0 Å². The van der Waals surface area contributed by atoms with Crippen molar-refractivity contribution in [3.05, 3.63) is 63.8 Å². The van der Waals surface area contributed by atoms with Crippen LogP contribution < -0.4 is 14.8 Å². The summed E-state index contributed by atoms with van der Waals surface area (Å²) in [5.41, 5.74) is 5.29. The molecule has 0 radical (unpaired) electrons. The zero-order valence-electron chi connectivity index (χ0n) is 16.3. The molecule has 1 atom stereocenters. The largest absolute Gasteiger partial charge is 0.493 e. The smallest absolute Gasteiger partial charge is 0.225 e. The van der Waals surface area contributed by atoms with Gasteiger partial charge in [0.25, 0.3) is 0 Å². The summed E-state index contributed by atoms with van der Waals surface area (Å²) in [6.07, 6.45) is 5.68. The number of terminal acetylenes is 1. The molecule has 0 fully saturated rings. The fourth-order valence-corrected chi connectivity index (χ4v) is 4.74. The monoisotopic (exact) mass is 403 g/mol. The van der Waals surface area contributed by atoms with E-state index in [0.717, 1.165) is 27.3 Å². The van der Waals surface area contributed by atoms with E-state index in [1.807, 2.05) is 18.2 Å². The Hall–Kier alpha value is -3.23. The number of carbonyl (C=O) groups is 1. The molecule has 0 saturated carbocycles. The standard InChI is InChI=1S/C24H21NO3S/c1-4-11-28-20-10-9-17(12-21(20)27-3)18-13-22(26)25-23-19(14-29-24(18)23)16-7-5-15(2)6-8-16/h1,5-10,12,14,18H,11,13H2,2-3H3,(H,25,26)/t18-/m0/s1. The molecule has 4 rings (SSSR count). The molecule has 1 aromatic heterocycles. The van der Waals surface area contributed by atoms with E-state index in [1.54, 1.807) is 18.4 Å². The maximum atomic E-state index is 12.5. The van der Waals surface area contributed by atoms with Crippen LogP contribution >= 0.6 is 11.3 Å². The van der Waals surface area contributed by atoms with Gasteiger partial charge in [-0.15, -0.1) is 17.8 Å². The van der Waals surface area contributed by atoms with E-state index in [4.69, 9.17) is 15.9 Å². The first kappa shape index (κ1) is 19.1. The number of carbonyl (C=O) groups excluding carboxylic acids is 1. The Morgan fingerprint density at radius 2 is 2.00 bits per heavy atom. The summed E-state index contributed by atoms with van der Waals surface area (Å²) in [5, 5.41) is 5.20. The van der Waals surface area contributed by atoms with E-state index in [0.29, 0.717) is 17.9 Å². The third-order valence-corrected chi connectivity index (χ3v) is 6.15. The maximum absolute atomic E-state index is 12.5. The molecule has 2 aromatic carbocycles.